The largest absolute Gasteiger partial charge is 0.469 e. The molecule has 1 fully saturated rings. The van der Waals surface area contributed by atoms with E-state index in [-0.39, 0.29) is 17.3 Å². The first-order chi connectivity index (χ1) is 8.90. The molecule has 1 atom stereocenters. The third-order valence-corrected chi connectivity index (χ3v) is 4.70. The summed E-state index contributed by atoms with van der Waals surface area (Å²) in [5.74, 6) is -0.0538. The SMILES string of the molecule is COC(=O)C1CCN(Cc2csc(C(C)(C)C)n2)C1. The number of esters is 1. The van der Waals surface area contributed by atoms with Gasteiger partial charge in [0, 0.05) is 23.9 Å². The summed E-state index contributed by atoms with van der Waals surface area (Å²) in [7, 11) is 1.46. The number of aromatic nitrogens is 1. The van der Waals surface area contributed by atoms with Crippen LogP contribution in [0.2, 0.25) is 0 Å². The molecular formula is C14H22N2O2S. The summed E-state index contributed by atoms with van der Waals surface area (Å²) in [5.41, 5.74) is 1.23. The normalized spacial score (nSPS) is 20.7. The summed E-state index contributed by atoms with van der Waals surface area (Å²) in [6.45, 7) is 9.10. The summed E-state index contributed by atoms with van der Waals surface area (Å²) in [6, 6.07) is 0. The molecule has 1 aliphatic heterocycles. The van der Waals surface area contributed by atoms with Crippen LogP contribution in [0.1, 0.15) is 37.9 Å². The first-order valence-corrected chi connectivity index (χ1v) is 7.53. The molecule has 0 bridgehead atoms. The van der Waals surface area contributed by atoms with Crippen molar-refractivity contribution < 1.29 is 9.53 Å². The highest BCUT2D eigenvalue weighted by atomic mass is 32.1. The fourth-order valence-corrected chi connectivity index (χ4v) is 3.19. The van der Waals surface area contributed by atoms with Gasteiger partial charge >= 0.3 is 5.97 Å². The maximum absolute atomic E-state index is 11.5. The van der Waals surface area contributed by atoms with Crippen molar-refractivity contribution in [2.24, 2.45) is 5.92 Å². The molecular weight excluding hydrogens is 260 g/mol. The summed E-state index contributed by atoms with van der Waals surface area (Å²) < 4.78 is 4.80. The van der Waals surface area contributed by atoms with Gasteiger partial charge in [-0.3, -0.25) is 9.69 Å². The minimum Gasteiger partial charge on any atom is -0.469 e. The van der Waals surface area contributed by atoms with Crippen molar-refractivity contribution in [3.05, 3.63) is 16.1 Å². The Morgan fingerprint density at radius 1 is 1.58 bits per heavy atom. The van der Waals surface area contributed by atoms with Gasteiger partial charge in [0.2, 0.25) is 0 Å². The van der Waals surface area contributed by atoms with Gasteiger partial charge in [-0.1, -0.05) is 20.8 Å². The molecule has 1 aromatic heterocycles. The van der Waals surface area contributed by atoms with Crippen LogP contribution in [0.4, 0.5) is 0 Å². The second kappa shape index (κ2) is 5.59. The number of methoxy groups -OCH3 is 1. The smallest absolute Gasteiger partial charge is 0.310 e. The van der Waals surface area contributed by atoms with Gasteiger partial charge in [-0.25, -0.2) is 4.98 Å². The standard InChI is InChI=1S/C14H22N2O2S/c1-14(2,3)13-15-11(9-19-13)8-16-6-5-10(7-16)12(17)18-4/h9-10H,5-8H2,1-4H3. The minimum atomic E-state index is -0.0869. The Balaban J connectivity index is 1.92. The Bertz CT molecular complexity index is 451. The van der Waals surface area contributed by atoms with Gasteiger partial charge in [-0.05, 0) is 13.0 Å². The zero-order chi connectivity index (χ0) is 14.0. The Labute approximate surface area is 118 Å². The first kappa shape index (κ1) is 14.5. The highest BCUT2D eigenvalue weighted by Gasteiger charge is 2.29. The lowest BCUT2D eigenvalue weighted by Gasteiger charge is -2.15. The van der Waals surface area contributed by atoms with E-state index in [9.17, 15) is 4.79 Å². The molecule has 0 radical (unpaired) electrons. The Morgan fingerprint density at radius 3 is 2.89 bits per heavy atom. The predicted octanol–water partition coefficient (Wildman–Crippen LogP) is 2.44. The molecule has 0 N–H and O–H groups in total. The molecule has 2 heterocycles. The molecule has 106 valence electrons. The fraction of sp³-hybridized carbons (Fsp3) is 0.714. The first-order valence-electron chi connectivity index (χ1n) is 6.65. The van der Waals surface area contributed by atoms with Crippen LogP contribution in [0.15, 0.2) is 5.38 Å². The van der Waals surface area contributed by atoms with Gasteiger partial charge in [0.05, 0.1) is 23.7 Å². The van der Waals surface area contributed by atoms with Crippen molar-refractivity contribution >= 4 is 17.3 Å². The number of hydrogen-bond donors (Lipinski definition) is 0. The number of rotatable bonds is 3. The van der Waals surface area contributed by atoms with Crippen LogP contribution in [-0.4, -0.2) is 36.1 Å². The average Bonchev–Trinajstić information content (AvgIpc) is 2.97. The van der Waals surface area contributed by atoms with Crippen LogP contribution in [-0.2, 0) is 21.5 Å². The van der Waals surface area contributed by atoms with E-state index < -0.39 is 0 Å². The van der Waals surface area contributed by atoms with Crippen molar-refractivity contribution in [1.82, 2.24) is 9.88 Å². The van der Waals surface area contributed by atoms with Crippen molar-refractivity contribution in [2.45, 2.75) is 39.2 Å². The number of ether oxygens (including phenoxy) is 1. The van der Waals surface area contributed by atoms with E-state index in [0.29, 0.717) is 0 Å². The number of thiazole rings is 1. The monoisotopic (exact) mass is 282 g/mol. The van der Waals surface area contributed by atoms with Crippen LogP contribution in [0.5, 0.6) is 0 Å². The van der Waals surface area contributed by atoms with Crippen LogP contribution in [0, 0.1) is 5.92 Å². The van der Waals surface area contributed by atoms with Crippen molar-refractivity contribution in [1.29, 1.82) is 0 Å². The Hall–Kier alpha value is -0.940. The van der Waals surface area contributed by atoms with E-state index in [1.807, 2.05) is 0 Å². The topological polar surface area (TPSA) is 42.4 Å². The van der Waals surface area contributed by atoms with Crippen molar-refractivity contribution in [3.8, 4) is 0 Å². The fourth-order valence-electron chi connectivity index (χ4n) is 2.29. The van der Waals surface area contributed by atoms with Crippen LogP contribution in [0.25, 0.3) is 0 Å². The molecule has 1 saturated heterocycles. The molecule has 19 heavy (non-hydrogen) atoms. The van der Waals surface area contributed by atoms with Gasteiger partial charge in [0.1, 0.15) is 0 Å². The number of nitrogens with zero attached hydrogens (tertiary/aromatic N) is 2. The van der Waals surface area contributed by atoms with E-state index in [0.717, 1.165) is 31.7 Å². The van der Waals surface area contributed by atoms with Crippen LogP contribution in [0.3, 0.4) is 0 Å². The molecule has 1 aromatic rings. The van der Waals surface area contributed by atoms with Crippen LogP contribution < -0.4 is 0 Å². The highest BCUT2D eigenvalue weighted by molar-refractivity contribution is 7.09. The third-order valence-electron chi connectivity index (χ3n) is 3.39. The molecule has 2 rings (SSSR count). The predicted molar refractivity (Wildman–Crippen MR) is 76.2 cm³/mol. The lowest BCUT2D eigenvalue weighted by atomic mass is 9.98. The Morgan fingerprint density at radius 2 is 2.32 bits per heavy atom. The second-order valence-corrected chi connectivity index (χ2v) is 7.00. The maximum atomic E-state index is 11.5. The van der Waals surface area contributed by atoms with Gasteiger partial charge in [-0.15, -0.1) is 11.3 Å². The van der Waals surface area contributed by atoms with Crippen LogP contribution >= 0.6 is 11.3 Å². The second-order valence-electron chi connectivity index (χ2n) is 6.14. The number of likely N-dealkylation sites (tertiary alicyclic amines) is 1. The molecule has 4 nitrogen and oxygen atoms in total. The van der Waals surface area contributed by atoms with E-state index in [1.54, 1.807) is 11.3 Å². The van der Waals surface area contributed by atoms with Gasteiger partial charge < -0.3 is 4.74 Å². The van der Waals surface area contributed by atoms with Crippen molar-refractivity contribution in [3.63, 3.8) is 0 Å². The third kappa shape index (κ3) is 3.54. The molecule has 0 saturated carbocycles. The average molecular weight is 282 g/mol. The summed E-state index contributed by atoms with van der Waals surface area (Å²) >= 11 is 1.72. The lowest BCUT2D eigenvalue weighted by molar-refractivity contribution is -0.144. The van der Waals surface area contributed by atoms with E-state index >= 15 is 0 Å². The quantitative estimate of drug-likeness (QED) is 0.799. The molecule has 0 amide bonds. The zero-order valence-electron chi connectivity index (χ0n) is 12.1. The molecule has 1 aliphatic rings. The minimum absolute atomic E-state index is 0.0331. The maximum Gasteiger partial charge on any atom is 0.310 e. The summed E-state index contributed by atoms with van der Waals surface area (Å²) in [6.07, 6.45) is 0.892. The van der Waals surface area contributed by atoms with Gasteiger partial charge in [-0.2, -0.15) is 0 Å². The van der Waals surface area contributed by atoms with E-state index in [4.69, 9.17) is 9.72 Å². The molecule has 0 aliphatic carbocycles. The van der Waals surface area contributed by atoms with Gasteiger partial charge in [0.25, 0.3) is 0 Å². The molecule has 0 spiro atoms. The highest BCUT2D eigenvalue weighted by Crippen LogP contribution is 2.27. The zero-order valence-corrected chi connectivity index (χ0v) is 12.9. The molecule has 5 heteroatoms. The number of carbonyl (C=O) groups is 1. The van der Waals surface area contributed by atoms with E-state index in [2.05, 4.69) is 31.1 Å². The lowest BCUT2D eigenvalue weighted by Crippen LogP contribution is -2.24. The number of hydrogen-bond acceptors (Lipinski definition) is 5. The molecule has 1 unspecified atom stereocenters. The van der Waals surface area contributed by atoms with Gasteiger partial charge in [0.15, 0.2) is 0 Å². The van der Waals surface area contributed by atoms with E-state index in [1.165, 1.54) is 12.1 Å². The summed E-state index contributed by atoms with van der Waals surface area (Å²) in [5, 5.41) is 3.30. The van der Waals surface area contributed by atoms with Crippen molar-refractivity contribution in [2.75, 3.05) is 20.2 Å². The number of carbonyl (C=O) groups excluding carboxylic acids is 1. The molecule has 0 aromatic carbocycles. The summed E-state index contributed by atoms with van der Waals surface area (Å²) in [4.78, 5) is 18.5. The Kier molecular flexibility index (Phi) is 4.26.